The van der Waals surface area contributed by atoms with Gasteiger partial charge in [0.25, 0.3) is 5.91 Å². The van der Waals surface area contributed by atoms with E-state index < -0.39 is 5.97 Å². The smallest absolute Gasteiger partial charge is 0.267 e. The van der Waals surface area contributed by atoms with Gasteiger partial charge in [-0.2, -0.15) is 5.10 Å². The van der Waals surface area contributed by atoms with Gasteiger partial charge in [-0.1, -0.05) is 20.3 Å². The number of carbonyl (C=O) groups is 2. The van der Waals surface area contributed by atoms with E-state index in [1.54, 1.807) is 0 Å². The molecule has 5 nitrogen and oxygen atoms in total. The van der Waals surface area contributed by atoms with Gasteiger partial charge in [-0.15, -0.1) is 0 Å². The Labute approximate surface area is 113 Å². The Morgan fingerprint density at radius 3 is 2.74 bits per heavy atom. The number of carboxylic acid groups (broad SMARTS) is 1. The van der Waals surface area contributed by atoms with E-state index >= 15 is 0 Å². The third kappa shape index (κ3) is 2.85. The minimum absolute atomic E-state index is 0.0502. The predicted molar refractivity (Wildman–Crippen MR) is 69.0 cm³/mol. The highest BCUT2D eigenvalue weighted by Crippen LogP contribution is 2.36. The molecule has 19 heavy (non-hydrogen) atoms. The molecule has 1 saturated carbocycles. The van der Waals surface area contributed by atoms with Crippen LogP contribution < -0.4 is 5.11 Å². The van der Waals surface area contributed by atoms with Gasteiger partial charge in [0.05, 0.1) is 12.0 Å². The fraction of sp³-hybridized carbons (Fsp3) is 0.643. The van der Waals surface area contributed by atoms with Crippen LogP contribution in [0.25, 0.3) is 0 Å². The zero-order valence-electron chi connectivity index (χ0n) is 11.3. The van der Waals surface area contributed by atoms with E-state index in [9.17, 15) is 14.7 Å². The molecule has 1 amide bonds. The number of hydrogen-bond acceptors (Lipinski definition) is 4. The number of hydrogen-bond donors (Lipinski definition) is 0. The molecule has 2 atom stereocenters. The number of hydrazone groups is 1. The third-order valence-electron chi connectivity index (χ3n) is 3.83. The minimum Gasteiger partial charge on any atom is -0.545 e. The molecule has 0 spiro atoms. The molecule has 2 aliphatic rings. The molecule has 5 heteroatoms. The standard InChI is InChI=1S/C14H20N2O3/c1-9(2)14-10-5-3-4-6-11(10)15-16(14)12(17)7-8-13(18)19/h7-10,14H,3-6H2,1-2H3,(H,18,19)/p-1/b8-7+/t10-,14-/m0/s1. The van der Waals surface area contributed by atoms with Crippen molar-refractivity contribution in [3.05, 3.63) is 12.2 Å². The molecule has 0 aromatic heterocycles. The van der Waals surface area contributed by atoms with Crippen LogP contribution in [0.5, 0.6) is 0 Å². The molecule has 0 saturated heterocycles. The van der Waals surface area contributed by atoms with Crippen LogP contribution in [0, 0.1) is 11.8 Å². The molecule has 0 aromatic rings. The van der Waals surface area contributed by atoms with Gasteiger partial charge in [-0.05, 0) is 31.3 Å². The fourth-order valence-electron chi connectivity index (χ4n) is 3.05. The van der Waals surface area contributed by atoms with E-state index in [1.165, 1.54) is 11.4 Å². The summed E-state index contributed by atoms with van der Waals surface area (Å²) in [5, 5.41) is 16.3. The van der Waals surface area contributed by atoms with Crippen LogP contribution in [-0.4, -0.2) is 28.6 Å². The van der Waals surface area contributed by atoms with E-state index in [-0.39, 0.29) is 11.9 Å². The summed E-state index contributed by atoms with van der Waals surface area (Å²) < 4.78 is 0. The van der Waals surface area contributed by atoms with E-state index in [4.69, 9.17) is 0 Å². The van der Waals surface area contributed by atoms with E-state index in [2.05, 4.69) is 18.9 Å². The van der Waals surface area contributed by atoms with Crippen LogP contribution in [0.1, 0.15) is 39.5 Å². The number of nitrogens with zero attached hydrogens (tertiary/aromatic N) is 2. The summed E-state index contributed by atoms with van der Waals surface area (Å²) in [7, 11) is 0. The first-order valence-corrected chi connectivity index (χ1v) is 6.80. The lowest BCUT2D eigenvalue weighted by molar-refractivity contribution is -0.297. The average Bonchev–Trinajstić information content (AvgIpc) is 2.75. The third-order valence-corrected chi connectivity index (χ3v) is 3.83. The zero-order valence-corrected chi connectivity index (χ0v) is 11.3. The molecular formula is C14H19N2O3-. The van der Waals surface area contributed by atoms with Crippen molar-refractivity contribution in [1.82, 2.24) is 5.01 Å². The maximum atomic E-state index is 12.0. The monoisotopic (exact) mass is 263 g/mol. The largest absolute Gasteiger partial charge is 0.545 e. The van der Waals surface area contributed by atoms with Crippen LogP contribution in [0.2, 0.25) is 0 Å². The highest BCUT2D eigenvalue weighted by atomic mass is 16.4. The van der Waals surface area contributed by atoms with E-state index in [0.717, 1.165) is 37.1 Å². The fourth-order valence-corrected chi connectivity index (χ4v) is 3.05. The predicted octanol–water partition coefficient (Wildman–Crippen LogP) is 0.706. The molecule has 0 bridgehead atoms. The van der Waals surface area contributed by atoms with Crippen molar-refractivity contribution in [1.29, 1.82) is 0 Å². The average molecular weight is 263 g/mol. The lowest BCUT2D eigenvalue weighted by Crippen LogP contribution is -2.41. The molecule has 0 aromatic carbocycles. The summed E-state index contributed by atoms with van der Waals surface area (Å²) in [5.41, 5.74) is 1.10. The molecule has 0 unspecified atom stereocenters. The summed E-state index contributed by atoms with van der Waals surface area (Å²) in [5.74, 6) is -1.10. The molecular weight excluding hydrogens is 244 g/mol. The highest BCUT2D eigenvalue weighted by molar-refractivity contribution is 5.97. The number of carbonyl (C=O) groups excluding carboxylic acids is 2. The van der Waals surface area contributed by atoms with Crippen molar-refractivity contribution in [3.63, 3.8) is 0 Å². The second-order valence-corrected chi connectivity index (χ2v) is 5.51. The Bertz CT molecular complexity index is 440. The number of aliphatic carboxylic acids is 1. The highest BCUT2D eigenvalue weighted by Gasteiger charge is 2.41. The Morgan fingerprint density at radius 1 is 1.37 bits per heavy atom. The molecule has 0 radical (unpaired) electrons. The van der Waals surface area contributed by atoms with Gasteiger partial charge in [-0.3, -0.25) is 4.79 Å². The lowest BCUT2D eigenvalue weighted by atomic mass is 9.79. The van der Waals surface area contributed by atoms with Crippen LogP contribution in [-0.2, 0) is 9.59 Å². The van der Waals surface area contributed by atoms with Crippen molar-refractivity contribution < 1.29 is 14.7 Å². The second-order valence-electron chi connectivity index (χ2n) is 5.51. The Kier molecular flexibility index (Phi) is 4.02. The summed E-state index contributed by atoms with van der Waals surface area (Å²) in [6.07, 6.45) is 6.10. The summed E-state index contributed by atoms with van der Waals surface area (Å²) >= 11 is 0. The number of rotatable bonds is 3. The van der Waals surface area contributed by atoms with E-state index in [0.29, 0.717) is 11.8 Å². The lowest BCUT2D eigenvalue weighted by Gasteiger charge is -2.30. The van der Waals surface area contributed by atoms with Crippen LogP contribution >= 0.6 is 0 Å². The zero-order chi connectivity index (χ0) is 14.0. The van der Waals surface area contributed by atoms with Crippen molar-refractivity contribution in [2.75, 3.05) is 0 Å². The first-order chi connectivity index (χ1) is 9.00. The van der Waals surface area contributed by atoms with Gasteiger partial charge in [-0.25, -0.2) is 5.01 Å². The Balaban J connectivity index is 2.20. The van der Waals surface area contributed by atoms with Gasteiger partial charge in [0.15, 0.2) is 0 Å². The second kappa shape index (κ2) is 5.55. The van der Waals surface area contributed by atoms with Gasteiger partial charge >= 0.3 is 0 Å². The number of amides is 1. The first-order valence-electron chi connectivity index (χ1n) is 6.80. The quantitative estimate of drug-likeness (QED) is 0.704. The van der Waals surface area contributed by atoms with Gasteiger partial charge in [0, 0.05) is 17.7 Å². The number of fused-ring (bicyclic) bond motifs is 1. The number of carboxylic acids is 1. The maximum Gasteiger partial charge on any atom is 0.267 e. The van der Waals surface area contributed by atoms with Gasteiger partial charge in [0.1, 0.15) is 0 Å². The molecule has 1 aliphatic carbocycles. The van der Waals surface area contributed by atoms with Crippen molar-refractivity contribution >= 4 is 17.6 Å². The maximum absolute atomic E-state index is 12.0. The summed E-state index contributed by atoms with van der Waals surface area (Å²) in [6, 6.07) is 0.0502. The SMILES string of the molecule is CC(C)[C@H]1[C@H]2CCCCC2=NN1C(=O)/C=C/C(=O)[O-]. The van der Waals surface area contributed by atoms with Gasteiger partial charge < -0.3 is 9.90 Å². The molecule has 0 N–H and O–H groups in total. The molecule has 1 fully saturated rings. The van der Waals surface area contributed by atoms with Crippen LogP contribution in [0.15, 0.2) is 17.3 Å². The molecule has 2 rings (SSSR count). The van der Waals surface area contributed by atoms with Crippen molar-refractivity contribution in [2.24, 2.45) is 16.9 Å². The molecule has 1 aliphatic heterocycles. The summed E-state index contributed by atoms with van der Waals surface area (Å²) in [6.45, 7) is 4.14. The minimum atomic E-state index is -1.36. The Hall–Kier alpha value is -1.65. The van der Waals surface area contributed by atoms with Crippen molar-refractivity contribution in [3.8, 4) is 0 Å². The van der Waals surface area contributed by atoms with Crippen LogP contribution in [0.3, 0.4) is 0 Å². The summed E-state index contributed by atoms with van der Waals surface area (Å²) in [4.78, 5) is 22.4. The topological polar surface area (TPSA) is 72.8 Å². The van der Waals surface area contributed by atoms with Gasteiger partial charge in [0.2, 0.25) is 0 Å². The van der Waals surface area contributed by atoms with Crippen molar-refractivity contribution in [2.45, 2.75) is 45.6 Å². The molecule has 1 heterocycles. The molecule has 104 valence electrons. The first kappa shape index (κ1) is 13.8. The van der Waals surface area contributed by atoms with E-state index in [1.807, 2.05) is 0 Å². The van der Waals surface area contributed by atoms with Crippen LogP contribution in [0.4, 0.5) is 0 Å². The Morgan fingerprint density at radius 2 is 2.11 bits per heavy atom. The normalized spacial score (nSPS) is 26.7.